The molecule has 1 fully saturated rings. The largest absolute Gasteiger partial charge is 0.507 e. The van der Waals surface area contributed by atoms with Crippen molar-refractivity contribution < 1.29 is 5.11 Å². The van der Waals surface area contributed by atoms with Crippen LogP contribution >= 0.6 is 0 Å². The standard InChI is InChI=1S/C19H23N7O/c1-25(14-3-2-7-20-8-6-14)19-22-12-17(23-24-19)16-5-4-15(11-18(16)27)26-10-9-21-13-26/h4-5,9-14,20,27H,2-3,6-8H2,1H3/t14-/m0/s1. The van der Waals surface area contributed by atoms with Crippen LogP contribution in [0.25, 0.3) is 16.9 Å². The molecule has 27 heavy (non-hydrogen) atoms. The highest BCUT2D eigenvalue weighted by atomic mass is 16.3. The van der Waals surface area contributed by atoms with Crippen LogP contribution in [0.4, 0.5) is 5.95 Å². The Balaban J connectivity index is 1.53. The SMILES string of the molecule is CN(c1ncc(-c2ccc(-n3ccnc3)cc2O)nn1)[C@H]1CCCNCC1. The molecule has 0 spiro atoms. The van der Waals surface area contributed by atoms with Crippen molar-refractivity contribution >= 4 is 5.95 Å². The zero-order valence-electron chi connectivity index (χ0n) is 15.3. The molecular weight excluding hydrogens is 342 g/mol. The maximum Gasteiger partial charge on any atom is 0.245 e. The molecule has 2 N–H and O–H groups in total. The lowest BCUT2D eigenvalue weighted by Crippen LogP contribution is -2.33. The summed E-state index contributed by atoms with van der Waals surface area (Å²) >= 11 is 0. The molecule has 2 aromatic heterocycles. The maximum absolute atomic E-state index is 10.4. The normalized spacial score (nSPS) is 17.4. The van der Waals surface area contributed by atoms with Gasteiger partial charge in [-0.1, -0.05) is 0 Å². The van der Waals surface area contributed by atoms with E-state index in [0.717, 1.165) is 38.0 Å². The zero-order chi connectivity index (χ0) is 18.6. The molecule has 1 atom stereocenters. The Bertz CT molecular complexity index is 872. The first-order valence-electron chi connectivity index (χ1n) is 9.17. The number of phenolic OH excluding ortho intramolecular Hbond substituents is 1. The Morgan fingerprint density at radius 2 is 2.15 bits per heavy atom. The van der Waals surface area contributed by atoms with Crippen molar-refractivity contribution in [3.63, 3.8) is 0 Å². The lowest BCUT2D eigenvalue weighted by atomic mass is 10.1. The number of imidazole rings is 1. The van der Waals surface area contributed by atoms with E-state index in [1.807, 2.05) is 29.9 Å². The van der Waals surface area contributed by atoms with Crippen LogP contribution in [0.1, 0.15) is 19.3 Å². The van der Waals surface area contributed by atoms with Crippen molar-refractivity contribution in [2.75, 3.05) is 25.0 Å². The molecule has 3 heterocycles. The van der Waals surface area contributed by atoms with Crippen molar-refractivity contribution in [2.24, 2.45) is 0 Å². The lowest BCUT2D eigenvalue weighted by Gasteiger charge is -2.26. The number of anilines is 1. The third-order valence-corrected chi connectivity index (χ3v) is 5.02. The second kappa shape index (κ2) is 7.71. The average Bonchev–Trinajstić information content (AvgIpc) is 3.10. The number of nitrogens with one attached hydrogen (secondary N) is 1. The molecule has 4 rings (SSSR count). The maximum atomic E-state index is 10.4. The minimum Gasteiger partial charge on any atom is -0.507 e. The van der Waals surface area contributed by atoms with Gasteiger partial charge < -0.3 is 19.9 Å². The number of benzene rings is 1. The molecule has 1 aliphatic rings. The van der Waals surface area contributed by atoms with E-state index in [0.29, 0.717) is 23.2 Å². The van der Waals surface area contributed by atoms with E-state index in [2.05, 4.69) is 30.4 Å². The molecule has 0 saturated carbocycles. The first kappa shape index (κ1) is 17.4. The topological polar surface area (TPSA) is 92.0 Å². The smallest absolute Gasteiger partial charge is 0.245 e. The molecule has 0 radical (unpaired) electrons. The number of hydrogen-bond donors (Lipinski definition) is 2. The van der Waals surface area contributed by atoms with E-state index in [-0.39, 0.29) is 5.75 Å². The second-order valence-corrected chi connectivity index (χ2v) is 6.76. The highest BCUT2D eigenvalue weighted by Gasteiger charge is 2.19. The van der Waals surface area contributed by atoms with Gasteiger partial charge in [0.2, 0.25) is 5.95 Å². The molecular formula is C19H23N7O. The van der Waals surface area contributed by atoms with Gasteiger partial charge >= 0.3 is 0 Å². The fraction of sp³-hybridized carbons (Fsp3) is 0.368. The zero-order valence-corrected chi connectivity index (χ0v) is 15.3. The van der Waals surface area contributed by atoms with Gasteiger partial charge in [0.1, 0.15) is 11.4 Å². The predicted octanol–water partition coefficient (Wildman–Crippen LogP) is 2.01. The quantitative estimate of drug-likeness (QED) is 0.731. The van der Waals surface area contributed by atoms with Crippen LogP contribution in [0.5, 0.6) is 5.75 Å². The number of aromatic hydroxyl groups is 1. The van der Waals surface area contributed by atoms with Crippen LogP contribution in [-0.2, 0) is 0 Å². The van der Waals surface area contributed by atoms with E-state index >= 15 is 0 Å². The van der Waals surface area contributed by atoms with Gasteiger partial charge in [0.25, 0.3) is 0 Å². The average molecular weight is 365 g/mol. The van der Waals surface area contributed by atoms with E-state index in [9.17, 15) is 5.11 Å². The molecule has 0 unspecified atom stereocenters. The summed E-state index contributed by atoms with van der Waals surface area (Å²) in [6, 6.07) is 5.81. The Morgan fingerprint density at radius 3 is 2.89 bits per heavy atom. The fourth-order valence-corrected chi connectivity index (χ4v) is 3.41. The molecule has 1 aromatic carbocycles. The number of nitrogens with zero attached hydrogens (tertiary/aromatic N) is 6. The highest BCUT2D eigenvalue weighted by molar-refractivity contribution is 5.68. The Hall–Kier alpha value is -3.00. The van der Waals surface area contributed by atoms with Crippen molar-refractivity contribution in [3.8, 4) is 22.7 Å². The lowest BCUT2D eigenvalue weighted by molar-refractivity contribution is 0.476. The highest BCUT2D eigenvalue weighted by Crippen LogP contribution is 2.29. The summed E-state index contributed by atoms with van der Waals surface area (Å²) in [5, 5.41) is 22.4. The van der Waals surface area contributed by atoms with Crippen LogP contribution in [0.2, 0.25) is 0 Å². The van der Waals surface area contributed by atoms with Crippen molar-refractivity contribution in [3.05, 3.63) is 43.1 Å². The van der Waals surface area contributed by atoms with Gasteiger partial charge in [-0.05, 0) is 44.5 Å². The van der Waals surface area contributed by atoms with Crippen molar-refractivity contribution in [2.45, 2.75) is 25.3 Å². The number of phenols is 1. The minimum absolute atomic E-state index is 0.133. The third-order valence-electron chi connectivity index (χ3n) is 5.02. The van der Waals surface area contributed by atoms with Crippen LogP contribution in [0, 0.1) is 0 Å². The molecule has 140 valence electrons. The molecule has 0 bridgehead atoms. The van der Waals surface area contributed by atoms with Gasteiger partial charge in [-0.25, -0.2) is 9.97 Å². The van der Waals surface area contributed by atoms with E-state index in [1.165, 1.54) is 0 Å². The monoisotopic (exact) mass is 365 g/mol. The van der Waals surface area contributed by atoms with Gasteiger partial charge in [0.15, 0.2) is 0 Å². The molecule has 1 aliphatic heterocycles. The molecule has 8 heteroatoms. The number of hydrogen-bond acceptors (Lipinski definition) is 7. The van der Waals surface area contributed by atoms with Crippen LogP contribution < -0.4 is 10.2 Å². The second-order valence-electron chi connectivity index (χ2n) is 6.76. The van der Waals surface area contributed by atoms with E-state index in [4.69, 9.17) is 0 Å². The predicted molar refractivity (Wildman–Crippen MR) is 103 cm³/mol. The summed E-state index contributed by atoms with van der Waals surface area (Å²) in [5.41, 5.74) is 1.98. The molecule has 3 aromatic rings. The van der Waals surface area contributed by atoms with Gasteiger partial charge in [0.05, 0.1) is 18.2 Å². The molecule has 8 nitrogen and oxygen atoms in total. The van der Waals surface area contributed by atoms with Crippen molar-refractivity contribution in [1.82, 2.24) is 30.0 Å². The summed E-state index contributed by atoms with van der Waals surface area (Å²) in [6.45, 7) is 2.08. The Labute approximate surface area is 157 Å². The Morgan fingerprint density at radius 1 is 1.22 bits per heavy atom. The number of rotatable bonds is 4. The first-order chi connectivity index (χ1) is 13.2. The van der Waals surface area contributed by atoms with Gasteiger partial charge in [0, 0.05) is 37.1 Å². The third kappa shape index (κ3) is 3.75. The van der Waals surface area contributed by atoms with Gasteiger partial charge in [-0.3, -0.25) is 0 Å². The van der Waals surface area contributed by atoms with E-state index < -0.39 is 0 Å². The first-order valence-corrected chi connectivity index (χ1v) is 9.17. The summed E-state index contributed by atoms with van der Waals surface area (Å²) in [5.74, 6) is 0.744. The van der Waals surface area contributed by atoms with Crippen LogP contribution in [-0.4, -0.2) is 56.0 Å². The molecule has 1 saturated heterocycles. The number of aromatic nitrogens is 5. The van der Waals surface area contributed by atoms with Crippen LogP contribution in [0.3, 0.4) is 0 Å². The van der Waals surface area contributed by atoms with Crippen LogP contribution in [0.15, 0.2) is 43.1 Å². The minimum atomic E-state index is 0.133. The van der Waals surface area contributed by atoms with Gasteiger partial charge in [-0.15, -0.1) is 10.2 Å². The summed E-state index contributed by atoms with van der Waals surface area (Å²) in [6.07, 6.45) is 10.2. The Kier molecular flexibility index (Phi) is 4.97. The molecule has 0 aliphatic carbocycles. The summed E-state index contributed by atoms with van der Waals surface area (Å²) in [7, 11) is 2.02. The van der Waals surface area contributed by atoms with Crippen molar-refractivity contribution in [1.29, 1.82) is 0 Å². The summed E-state index contributed by atoms with van der Waals surface area (Å²) in [4.78, 5) is 10.6. The molecule has 0 amide bonds. The fourth-order valence-electron chi connectivity index (χ4n) is 3.41. The van der Waals surface area contributed by atoms with Gasteiger partial charge in [-0.2, -0.15) is 0 Å². The summed E-state index contributed by atoms with van der Waals surface area (Å²) < 4.78 is 1.83. The van der Waals surface area contributed by atoms with E-state index in [1.54, 1.807) is 24.8 Å².